The lowest BCUT2D eigenvalue weighted by atomic mass is 10.1. The average molecular weight is 507 g/mol. The van der Waals surface area contributed by atoms with Crippen LogP contribution in [0.25, 0.3) is 0 Å². The normalized spacial score (nSPS) is 17.3. The van der Waals surface area contributed by atoms with Gasteiger partial charge in [0.05, 0.1) is 14.2 Å². The summed E-state index contributed by atoms with van der Waals surface area (Å²) in [5.41, 5.74) is 1.40. The minimum Gasteiger partial charge on any atom is -0.496 e. The summed E-state index contributed by atoms with van der Waals surface area (Å²) < 4.78 is 10.1. The van der Waals surface area contributed by atoms with Crippen molar-refractivity contribution in [3.8, 4) is 5.75 Å². The predicted octanol–water partition coefficient (Wildman–Crippen LogP) is 3.25. The molecule has 27 heavy (non-hydrogen) atoms. The molecule has 2 rings (SSSR count). The molecule has 0 radical (unpaired) electrons. The van der Waals surface area contributed by atoms with E-state index in [2.05, 4.69) is 29.1 Å². The van der Waals surface area contributed by atoms with E-state index in [-0.39, 0.29) is 24.0 Å². The van der Waals surface area contributed by atoms with Crippen molar-refractivity contribution in [3.05, 3.63) is 29.3 Å². The van der Waals surface area contributed by atoms with Gasteiger partial charge in [0.1, 0.15) is 11.3 Å². The number of guanidine groups is 1. The van der Waals surface area contributed by atoms with Gasteiger partial charge in [0.25, 0.3) is 0 Å². The topological polar surface area (TPSA) is 63.2 Å². The Bertz CT molecular complexity index is 655. The molecular formula is C19H30IN3O3S. The van der Waals surface area contributed by atoms with Crippen LogP contribution in [0.5, 0.6) is 5.75 Å². The first-order valence-electron chi connectivity index (χ1n) is 8.82. The molecular weight excluding hydrogens is 477 g/mol. The number of methoxy groups -OCH3 is 2. The van der Waals surface area contributed by atoms with E-state index in [1.165, 1.54) is 7.11 Å². The smallest absolute Gasteiger partial charge is 0.341 e. The molecule has 0 aliphatic carbocycles. The number of thioether (sulfide) groups is 1. The molecule has 6 nitrogen and oxygen atoms in total. The minimum atomic E-state index is -0.402. The lowest BCUT2D eigenvalue weighted by Crippen LogP contribution is -2.48. The second-order valence-electron chi connectivity index (χ2n) is 6.53. The summed E-state index contributed by atoms with van der Waals surface area (Å²) in [4.78, 5) is 18.7. The van der Waals surface area contributed by atoms with Gasteiger partial charge in [-0.25, -0.2) is 4.79 Å². The van der Waals surface area contributed by atoms with E-state index in [4.69, 9.17) is 9.47 Å². The van der Waals surface area contributed by atoms with Crippen molar-refractivity contribution in [1.29, 1.82) is 0 Å². The highest BCUT2D eigenvalue weighted by Crippen LogP contribution is 2.25. The van der Waals surface area contributed by atoms with Gasteiger partial charge in [-0.2, -0.15) is 11.8 Å². The number of rotatable bonds is 5. The van der Waals surface area contributed by atoms with E-state index in [1.54, 1.807) is 19.2 Å². The number of halogens is 1. The molecule has 8 heteroatoms. The molecule has 1 unspecified atom stereocenters. The first kappa shape index (κ1) is 23.9. The molecule has 1 aliphatic rings. The SMILES string of the molecule is CN=C(NCc1ccc(OC)c(C(=O)OC)c1)N1CCSC(C(C)C)C1.I. The number of esters is 1. The molecule has 1 aromatic rings. The zero-order valence-electron chi connectivity index (χ0n) is 16.7. The zero-order chi connectivity index (χ0) is 19.1. The Morgan fingerprint density at radius 1 is 1.41 bits per heavy atom. The van der Waals surface area contributed by atoms with Crippen LogP contribution in [0.2, 0.25) is 0 Å². The van der Waals surface area contributed by atoms with Crippen LogP contribution in [0, 0.1) is 5.92 Å². The standard InChI is InChI=1S/C19H29N3O3S.HI/c1-13(2)17-12-22(8-9-26-17)19(20-3)21-11-14-6-7-16(24-4)15(10-14)18(23)25-5;/h6-7,10,13,17H,8-9,11-12H2,1-5H3,(H,20,21);1H. The van der Waals surface area contributed by atoms with Crippen molar-refractivity contribution in [2.75, 3.05) is 40.1 Å². The summed E-state index contributed by atoms with van der Waals surface area (Å²) in [5.74, 6) is 2.76. The van der Waals surface area contributed by atoms with Crippen LogP contribution in [0.3, 0.4) is 0 Å². The van der Waals surface area contributed by atoms with Gasteiger partial charge in [0.15, 0.2) is 5.96 Å². The van der Waals surface area contributed by atoms with E-state index >= 15 is 0 Å². The monoisotopic (exact) mass is 507 g/mol. The fourth-order valence-electron chi connectivity index (χ4n) is 2.92. The van der Waals surface area contributed by atoms with Gasteiger partial charge in [-0.15, -0.1) is 24.0 Å². The van der Waals surface area contributed by atoms with Crippen molar-refractivity contribution in [3.63, 3.8) is 0 Å². The molecule has 0 spiro atoms. The first-order chi connectivity index (χ1) is 12.5. The first-order valence-corrected chi connectivity index (χ1v) is 9.87. The molecule has 0 saturated carbocycles. The van der Waals surface area contributed by atoms with Gasteiger partial charge in [0.2, 0.25) is 0 Å². The molecule has 0 amide bonds. The number of ether oxygens (including phenoxy) is 2. The molecule has 1 saturated heterocycles. The van der Waals surface area contributed by atoms with E-state index < -0.39 is 5.97 Å². The number of nitrogens with one attached hydrogen (secondary N) is 1. The second-order valence-corrected chi connectivity index (χ2v) is 7.87. The van der Waals surface area contributed by atoms with Crippen LogP contribution in [0.1, 0.15) is 29.8 Å². The lowest BCUT2D eigenvalue weighted by molar-refractivity contribution is 0.0597. The molecule has 1 N–H and O–H groups in total. The number of carbonyl (C=O) groups is 1. The minimum absolute atomic E-state index is 0. The van der Waals surface area contributed by atoms with Crippen LogP contribution in [-0.4, -0.2) is 62.2 Å². The van der Waals surface area contributed by atoms with E-state index in [0.29, 0.717) is 29.0 Å². The van der Waals surface area contributed by atoms with Gasteiger partial charge in [-0.05, 0) is 23.6 Å². The maximum absolute atomic E-state index is 11.9. The molecule has 1 fully saturated rings. The van der Waals surface area contributed by atoms with Crippen LogP contribution < -0.4 is 10.1 Å². The van der Waals surface area contributed by atoms with Crippen molar-refractivity contribution in [1.82, 2.24) is 10.2 Å². The number of hydrogen-bond acceptors (Lipinski definition) is 5. The summed E-state index contributed by atoms with van der Waals surface area (Å²) in [6.07, 6.45) is 0. The Hall–Kier alpha value is -1.16. The van der Waals surface area contributed by atoms with Gasteiger partial charge >= 0.3 is 5.97 Å². The number of hydrogen-bond donors (Lipinski definition) is 1. The molecule has 1 heterocycles. The summed E-state index contributed by atoms with van der Waals surface area (Å²) in [7, 11) is 4.72. The molecule has 1 aliphatic heterocycles. The molecule has 152 valence electrons. The fraction of sp³-hybridized carbons (Fsp3) is 0.579. The van der Waals surface area contributed by atoms with Crippen LogP contribution >= 0.6 is 35.7 Å². The van der Waals surface area contributed by atoms with Crippen LogP contribution in [0.4, 0.5) is 0 Å². The van der Waals surface area contributed by atoms with Crippen LogP contribution in [-0.2, 0) is 11.3 Å². The molecule has 0 aromatic heterocycles. The maximum Gasteiger partial charge on any atom is 0.341 e. The third-order valence-electron chi connectivity index (χ3n) is 4.47. The Morgan fingerprint density at radius 2 is 2.15 bits per heavy atom. The number of carbonyl (C=O) groups excluding carboxylic acids is 1. The van der Waals surface area contributed by atoms with Crippen molar-refractivity contribution in [2.24, 2.45) is 10.9 Å². The second kappa shape index (κ2) is 11.6. The summed E-state index contributed by atoms with van der Waals surface area (Å²) in [6, 6.07) is 5.53. The highest BCUT2D eigenvalue weighted by Gasteiger charge is 2.24. The zero-order valence-corrected chi connectivity index (χ0v) is 19.8. The Morgan fingerprint density at radius 3 is 2.74 bits per heavy atom. The molecule has 1 atom stereocenters. The van der Waals surface area contributed by atoms with E-state index in [9.17, 15) is 4.79 Å². The Kier molecular flexibility index (Phi) is 10.3. The molecule has 1 aromatic carbocycles. The lowest BCUT2D eigenvalue weighted by Gasteiger charge is -2.36. The largest absolute Gasteiger partial charge is 0.496 e. The van der Waals surface area contributed by atoms with Gasteiger partial charge in [-0.1, -0.05) is 19.9 Å². The van der Waals surface area contributed by atoms with Crippen molar-refractivity contribution >= 4 is 47.7 Å². The summed E-state index contributed by atoms with van der Waals surface area (Å²) >= 11 is 2.04. The van der Waals surface area contributed by atoms with E-state index in [1.807, 2.05) is 24.9 Å². The maximum atomic E-state index is 11.9. The van der Waals surface area contributed by atoms with Gasteiger partial charge in [0, 0.05) is 37.7 Å². The Labute approximate surface area is 183 Å². The number of benzene rings is 1. The summed E-state index contributed by atoms with van der Waals surface area (Å²) in [6.45, 7) is 7.10. The van der Waals surface area contributed by atoms with E-state index in [0.717, 1.165) is 30.4 Å². The average Bonchev–Trinajstić information content (AvgIpc) is 2.67. The highest BCUT2D eigenvalue weighted by atomic mass is 127. The highest BCUT2D eigenvalue weighted by molar-refractivity contribution is 14.0. The van der Waals surface area contributed by atoms with Gasteiger partial charge < -0.3 is 19.7 Å². The number of nitrogens with zero attached hydrogens (tertiary/aromatic N) is 2. The van der Waals surface area contributed by atoms with Crippen molar-refractivity contribution in [2.45, 2.75) is 25.6 Å². The quantitative estimate of drug-likeness (QED) is 0.286. The Balaban J connectivity index is 0.00000364. The predicted molar refractivity (Wildman–Crippen MR) is 123 cm³/mol. The summed E-state index contributed by atoms with van der Waals surface area (Å²) in [5, 5.41) is 4.03. The van der Waals surface area contributed by atoms with Crippen molar-refractivity contribution < 1.29 is 14.3 Å². The third kappa shape index (κ3) is 6.44. The van der Waals surface area contributed by atoms with Crippen LogP contribution in [0.15, 0.2) is 23.2 Å². The third-order valence-corrected chi connectivity index (χ3v) is 6.01. The fourth-order valence-corrected chi connectivity index (χ4v) is 4.22. The van der Waals surface area contributed by atoms with Gasteiger partial charge in [-0.3, -0.25) is 4.99 Å². The molecule has 0 bridgehead atoms. The number of aliphatic imine (C=N–C) groups is 1.